The smallest absolute Gasteiger partial charge is 0.264 e. The monoisotopic (exact) mass is 505 g/mol. The van der Waals surface area contributed by atoms with Crippen molar-refractivity contribution < 1.29 is 13.2 Å². The van der Waals surface area contributed by atoms with Crippen molar-refractivity contribution in [3.05, 3.63) is 93.9 Å². The van der Waals surface area contributed by atoms with Crippen LogP contribution in [-0.4, -0.2) is 27.1 Å². The summed E-state index contributed by atoms with van der Waals surface area (Å²) in [6, 6.07) is 21.6. The number of anilines is 1. The molecule has 1 amide bonds. The third-order valence-electron chi connectivity index (χ3n) is 3.97. The van der Waals surface area contributed by atoms with E-state index in [2.05, 4.69) is 26.5 Å². The van der Waals surface area contributed by atoms with Crippen LogP contribution >= 0.6 is 27.5 Å². The predicted molar refractivity (Wildman–Crippen MR) is 122 cm³/mol. The topological polar surface area (TPSA) is 78.8 Å². The molecule has 3 aromatic carbocycles. The Morgan fingerprint density at radius 3 is 2.47 bits per heavy atom. The van der Waals surface area contributed by atoms with Crippen molar-refractivity contribution >= 4 is 55.4 Å². The number of benzene rings is 3. The van der Waals surface area contributed by atoms with E-state index in [0.717, 1.165) is 4.31 Å². The molecule has 0 atom stereocenters. The Hall–Kier alpha value is -2.68. The minimum Gasteiger partial charge on any atom is -0.271 e. The summed E-state index contributed by atoms with van der Waals surface area (Å²) in [6.45, 7) is -0.444. The fourth-order valence-corrected chi connectivity index (χ4v) is 4.62. The van der Waals surface area contributed by atoms with Crippen LogP contribution in [-0.2, 0) is 14.8 Å². The van der Waals surface area contributed by atoms with Crippen molar-refractivity contribution in [2.45, 2.75) is 4.90 Å². The molecule has 0 aliphatic carbocycles. The highest BCUT2D eigenvalue weighted by molar-refractivity contribution is 9.10. The van der Waals surface area contributed by atoms with Gasteiger partial charge >= 0.3 is 0 Å². The summed E-state index contributed by atoms with van der Waals surface area (Å²) in [5.41, 5.74) is 3.41. The molecule has 0 saturated carbocycles. The van der Waals surface area contributed by atoms with Gasteiger partial charge < -0.3 is 0 Å². The van der Waals surface area contributed by atoms with E-state index in [1.165, 1.54) is 18.3 Å². The fourth-order valence-electron chi connectivity index (χ4n) is 2.60. The van der Waals surface area contributed by atoms with Crippen molar-refractivity contribution in [3.8, 4) is 0 Å². The van der Waals surface area contributed by atoms with Crippen molar-refractivity contribution in [1.29, 1.82) is 0 Å². The Balaban J connectivity index is 1.83. The molecule has 0 heterocycles. The first-order valence-corrected chi connectivity index (χ1v) is 11.4. The van der Waals surface area contributed by atoms with Gasteiger partial charge in [-0.25, -0.2) is 13.8 Å². The molecule has 3 aromatic rings. The van der Waals surface area contributed by atoms with Crippen LogP contribution in [0.25, 0.3) is 0 Å². The Morgan fingerprint density at radius 1 is 1.03 bits per heavy atom. The standard InChI is InChI=1S/C21H17BrClN3O3S/c22-17-7-5-9-19(13-17)26(30(28,29)20-10-2-1-3-11-20)15-21(27)25-24-14-16-6-4-8-18(23)12-16/h1-14H,15H2,(H,25,27). The number of hydrogen-bond donors (Lipinski definition) is 1. The van der Waals surface area contributed by atoms with Gasteiger partial charge in [0, 0.05) is 9.50 Å². The Kier molecular flexibility index (Phi) is 7.25. The molecule has 1 N–H and O–H groups in total. The second-order valence-electron chi connectivity index (χ2n) is 6.15. The third-order valence-corrected chi connectivity index (χ3v) is 6.48. The van der Waals surface area contributed by atoms with Crippen LogP contribution < -0.4 is 9.73 Å². The van der Waals surface area contributed by atoms with Crippen LogP contribution in [0.4, 0.5) is 5.69 Å². The zero-order valence-corrected chi connectivity index (χ0v) is 18.7. The van der Waals surface area contributed by atoms with Crippen molar-refractivity contribution in [2.75, 3.05) is 10.8 Å². The lowest BCUT2D eigenvalue weighted by molar-refractivity contribution is -0.119. The zero-order chi connectivity index (χ0) is 21.6. The molecular formula is C21H17BrClN3O3S. The van der Waals surface area contributed by atoms with Gasteiger partial charge in [0.25, 0.3) is 15.9 Å². The molecule has 154 valence electrons. The number of amides is 1. The first kappa shape index (κ1) is 22.0. The number of nitrogens with zero attached hydrogens (tertiary/aromatic N) is 2. The van der Waals surface area contributed by atoms with E-state index in [0.29, 0.717) is 20.7 Å². The Labute approximate surface area is 188 Å². The number of nitrogens with one attached hydrogen (secondary N) is 1. The second-order valence-corrected chi connectivity index (χ2v) is 9.37. The largest absolute Gasteiger partial charge is 0.271 e. The first-order chi connectivity index (χ1) is 14.4. The quantitative estimate of drug-likeness (QED) is 0.380. The van der Waals surface area contributed by atoms with Crippen LogP contribution in [0.2, 0.25) is 5.02 Å². The maximum Gasteiger partial charge on any atom is 0.264 e. The third kappa shape index (κ3) is 5.69. The molecule has 0 aliphatic heterocycles. The molecule has 30 heavy (non-hydrogen) atoms. The van der Waals surface area contributed by atoms with E-state index in [4.69, 9.17) is 11.6 Å². The number of sulfonamides is 1. The molecular weight excluding hydrogens is 490 g/mol. The molecule has 6 nitrogen and oxygen atoms in total. The van der Waals surface area contributed by atoms with Gasteiger partial charge in [-0.3, -0.25) is 9.10 Å². The van der Waals surface area contributed by atoms with E-state index in [1.54, 1.807) is 66.7 Å². The maximum atomic E-state index is 13.2. The number of carbonyl (C=O) groups excluding carboxylic acids is 1. The summed E-state index contributed by atoms with van der Waals surface area (Å²) >= 11 is 9.25. The van der Waals surface area contributed by atoms with Gasteiger partial charge in [-0.1, -0.05) is 63.9 Å². The number of halogens is 2. The minimum absolute atomic E-state index is 0.0835. The lowest BCUT2D eigenvalue weighted by Crippen LogP contribution is -2.39. The zero-order valence-electron chi connectivity index (χ0n) is 15.6. The molecule has 3 rings (SSSR count). The maximum absolute atomic E-state index is 13.2. The Bertz CT molecular complexity index is 1170. The van der Waals surface area contributed by atoms with E-state index in [1.807, 2.05) is 0 Å². The average molecular weight is 507 g/mol. The van der Waals surface area contributed by atoms with Gasteiger partial charge in [-0.15, -0.1) is 0 Å². The van der Waals surface area contributed by atoms with Gasteiger partial charge in [-0.2, -0.15) is 5.10 Å². The number of hydrogen-bond acceptors (Lipinski definition) is 4. The van der Waals surface area contributed by atoms with Crippen LogP contribution in [0.15, 0.2) is 93.3 Å². The minimum atomic E-state index is -3.97. The average Bonchev–Trinajstić information content (AvgIpc) is 2.72. The van der Waals surface area contributed by atoms with E-state index in [-0.39, 0.29) is 4.90 Å². The van der Waals surface area contributed by atoms with Crippen molar-refractivity contribution in [2.24, 2.45) is 5.10 Å². The van der Waals surface area contributed by atoms with E-state index >= 15 is 0 Å². The highest BCUT2D eigenvalue weighted by Crippen LogP contribution is 2.26. The number of carbonyl (C=O) groups is 1. The molecule has 0 radical (unpaired) electrons. The van der Waals surface area contributed by atoms with E-state index in [9.17, 15) is 13.2 Å². The summed E-state index contributed by atoms with van der Waals surface area (Å²) in [5, 5.41) is 4.43. The van der Waals surface area contributed by atoms with E-state index < -0.39 is 22.5 Å². The highest BCUT2D eigenvalue weighted by atomic mass is 79.9. The van der Waals surface area contributed by atoms with Gasteiger partial charge in [0.2, 0.25) is 0 Å². The van der Waals surface area contributed by atoms with Crippen molar-refractivity contribution in [3.63, 3.8) is 0 Å². The van der Waals surface area contributed by atoms with Crippen LogP contribution in [0.1, 0.15) is 5.56 Å². The lowest BCUT2D eigenvalue weighted by atomic mass is 10.2. The summed E-state index contributed by atoms with van der Waals surface area (Å²) in [7, 11) is -3.97. The van der Waals surface area contributed by atoms with Gasteiger partial charge in [0.15, 0.2) is 0 Å². The highest BCUT2D eigenvalue weighted by Gasteiger charge is 2.27. The summed E-state index contributed by atoms with van der Waals surface area (Å²) in [4.78, 5) is 12.6. The van der Waals surface area contributed by atoms with Gasteiger partial charge in [0.1, 0.15) is 6.54 Å². The first-order valence-electron chi connectivity index (χ1n) is 8.77. The molecule has 0 spiro atoms. The molecule has 9 heteroatoms. The lowest BCUT2D eigenvalue weighted by Gasteiger charge is -2.23. The van der Waals surface area contributed by atoms with Gasteiger partial charge in [0.05, 0.1) is 16.8 Å². The molecule has 0 saturated heterocycles. The van der Waals surface area contributed by atoms with Gasteiger partial charge in [-0.05, 0) is 48.0 Å². The fraction of sp³-hybridized carbons (Fsp3) is 0.0476. The van der Waals surface area contributed by atoms with Crippen molar-refractivity contribution in [1.82, 2.24) is 5.43 Å². The van der Waals surface area contributed by atoms with Crippen LogP contribution in [0.5, 0.6) is 0 Å². The molecule has 0 bridgehead atoms. The summed E-state index contributed by atoms with van der Waals surface area (Å²) < 4.78 is 28.1. The number of rotatable bonds is 7. The summed E-state index contributed by atoms with van der Waals surface area (Å²) in [5.74, 6) is -0.590. The number of hydrazone groups is 1. The SMILES string of the molecule is O=C(CN(c1cccc(Br)c1)S(=O)(=O)c1ccccc1)NN=Cc1cccc(Cl)c1. The van der Waals surface area contributed by atoms with Crippen LogP contribution in [0, 0.1) is 0 Å². The Morgan fingerprint density at radius 2 is 1.77 bits per heavy atom. The second kappa shape index (κ2) is 9.88. The molecule has 0 aromatic heterocycles. The summed E-state index contributed by atoms with van der Waals surface area (Å²) in [6.07, 6.45) is 1.43. The molecule has 0 aliphatic rings. The normalized spacial score (nSPS) is 11.4. The predicted octanol–water partition coefficient (Wildman–Crippen LogP) is 4.45. The molecule has 0 fully saturated rings. The van der Waals surface area contributed by atoms with Crippen LogP contribution in [0.3, 0.4) is 0 Å². The molecule has 0 unspecified atom stereocenters.